The average molecular weight is 182 g/mol. The van der Waals surface area contributed by atoms with Gasteiger partial charge in [0.05, 0.1) is 12.7 Å². The molecule has 0 radical (unpaired) electrons. The molecular weight excluding hydrogens is 171 g/mol. The van der Waals surface area contributed by atoms with Gasteiger partial charge in [0.15, 0.2) is 0 Å². The van der Waals surface area contributed by atoms with Crippen LogP contribution in [0.2, 0.25) is 0 Å². The summed E-state index contributed by atoms with van der Waals surface area (Å²) in [4.78, 5) is 0. The summed E-state index contributed by atoms with van der Waals surface area (Å²) in [6, 6.07) is 0. The summed E-state index contributed by atoms with van der Waals surface area (Å²) in [5.41, 5.74) is 0. The standard InChI is InChI=1S/C6H11FO3S/c7-11(8,9)5-4-10-6-2-1-3-6/h6H,1-5H2. The van der Waals surface area contributed by atoms with E-state index >= 15 is 0 Å². The van der Waals surface area contributed by atoms with Crippen molar-refractivity contribution in [3.05, 3.63) is 0 Å². The number of rotatable bonds is 4. The lowest BCUT2D eigenvalue weighted by atomic mass is 9.96. The first-order valence-electron chi connectivity index (χ1n) is 3.62. The van der Waals surface area contributed by atoms with Crippen LogP contribution in [0, 0.1) is 0 Å². The van der Waals surface area contributed by atoms with Crippen molar-refractivity contribution < 1.29 is 17.0 Å². The molecule has 0 amide bonds. The molecule has 1 saturated carbocycles. The number of halogens is 1. The van der Waals surface area contributed by atoms with Gasteiger partial charge in [-0.25, -0.2) is 0 Å². The van der Waals surface area contributed by atoms with Gasteiger partial charge in [-0.2, -0.15) is 8.42 Å². The molecule has 0 N–H and O–H groups in total. The van der Waals surface area contributed by atoms with Crippen molar-refractivity contribution >= 4 is 10.2 Å². The molecule has 1 rings (SSSR count). The average Bonchev–Trinajstić information content (AvgIpc) is 1.73. The van der Waals surface area contributed by atoms with E-state index in [1.54, 1.807) is 0 Å². The number of ether oxygens (including phenoxy) is 1. The minimum Gasteiger partial charge on any atom is -0.377 e. The Morgan fingerprint density at radius 1 is 1.45 bits per heavy atom. The fraction of sp³-hybridized carbons (Fsp3) is 1.00. The van der Waals surface area contributed by atoms with Gasteiger partial charge >= 0.3 is 10.2 Å². The lowest BCUT2D eigenvalue weighted by Crippen LogP contribution is -2.23. The topological polar surface area (TPSA) is 43.4 Å². The SMILES string of the molecule is O=S(=O)(F)CCOC1CCC1. The smallest absolute Gasteiger partial charge is 0.304 e. The molecule has 0 bridgehead atoms. The van der Waals surface area contributed by atoms with Crippen LogP contribution in [0.5, 0.6) is 0 Å². The molecule has 66 valence electrons. The zero-order valence-electron chi connectivity index (χ0n) is 6.12. The summed E-state index contributed by atoms with van der Waals surface area (Å²) in [6.45, 7) is -0.0104. The predicted octanol–water partition coefficient (Wildman–Crippen LogP) is 0.855. The van der Waals surface area contributed by atoms with Gasteiger partial charge in [-0.1, -0.05) is 0 Å². The number of hydrogen-bond donors (Lipinski definition) is 0. The van der Waals surface area contributed by atoms with Crippen LogP contribution in [0.4, 0.5) is 3.89 Å². The molecule has 11 heavy (non-hydrogen) atoms. The Balaban J connectivity index is 2.04. The first-order valence-corrected chi connectivity index (χ1v) is 5.17. The molecule has 0 aromatic heterocycles. The van der Waals surface area contributed by atoms with E-state index < -0.39 is 16.0 Å². The van der Waals surface area contributed by atoms with Crippen LogP contribution in [0.15, 0.2) is 0 Å². The van der Waals surface area contributed by atoms with Gasteiger partial charge in [-0.15, -0.1) is 3.89 Å². The second kappa shape index (κ2) is 3.49. The third-order valence-electron chi connectivity index (χ3n) is 1.73. The third-order valence-corrected chi connectivity index (χ3v) is 2.39. The predicted molar refractivity (Wildman–Crippen MR) is 38.5 cm³/mol. The summed E-state index contributed by atoms with van der Waals surface area (Å²) in [5.74, 6) is -0.510. The van der Waals surface area contributed by atoms with E-state index in [4.69, 9.17) is 4.74 Å². The number of hydrogen-bond acceptors (Lipinski definition) is 3. The Labute approximate surface area is 65.8 Å². The monoisotopic (exact) mass is 182 g/mol. The van der Waals surface area contributed by atoms with E-state index in [0.717, 1.165) is 19.3 Å². The molecule has 1 fully saturated rings. The summed E-state index contributed by atoms with van der Waals surface area (Å²) >= 11 is 0. The van der Waals surface area contributed by atoms with Crippen molar-refractivity contribution in [1.29, 1.82) is 0 Å². The first-order chi connectivity index (χ1) is 5.08. The Bertz CT molecular complexity index is 208. The molecule has 5 heteroatoms. The second-order valence-corrected chi connectivity index (χ2v) is 4.15. The Hall–Kier alpha value is -0.160. The zero-order valence-corrected chi connectivity index (χ0v) is 6.94. The van der Waals surface area contributed by atoms with Crippen molar-refractivity contribution in [1.82, 2.24) is 0 Å². The molecule has 0 atom stereocenters. The zero-order chi connectivity index (χ0) is 8.32. The summed E-state index contributed by atoms with van der Waals surface area (Å²) in [5, 5.41) is 0. The van der Waals surface area contributed by atoms with E-state index in [2.05, 4.69) is 0 Å². The fourth-order valence-corrected chi connectivity index (χ4v) is 1.15. The van der Waals surface area contributed by atoms with Gasteiger partial charge in [0.1, 0.15) is 5.75 Å². The highest BCUT2D eigenvalue weighted by molar-refractivity contribution is 7.86. The Morgan fingerprint density at radius 2 is 2.09 bits per heavy atom. The highest BCUT2D eigenvalue weighted by atomic mass is 32.3. The molecule has 0 spiro atoms. The van der Waals surface area contributed by atoms with Gasteiger partial charge in [-0.3, -0.25) is 0 Å². The highest BCUT2D eigenvalue weighted by Crippen LogP contribution is 2.21. The van der Waals surface area contributed by atoms with Gasteiger partial charge in [0.25, 0.3) is 0 Å². The summed E-state index contributed by atoms with van der Waals surface area (Å²) in [7, 11) is -4.33. The molecule has 3 nitrogen and oxygen atoms in total. The molecule has 1 aliphatic rings. The van der Waals surface area contributed by atoms with Gasteiger partial charge in [0, 0.05) is 0 Å². The molecule has 0 saturated heterocycles. The van der Waals surface area contributed by atoms with Crippen LogP contribution in [0.1, 0.15) is 19.3 Å². The Kier molecular flexibility index (Phi) is 2.84. The van der Waals surface area contributed by atoms with Crippen LogP contribution in [-0.4, -0.2) is 26.9 Å². The Morgan fingerprint density at radius 3 is 2.45 bits per heavy atom. The minimum absolute atomic E-state index is 0.0104. The van der Waals surface area contributed by atoms with Crippen molar-refractivity contribution in [2.75, 3.05) is 12.4 Å². The van der Waals surface area contributed by atoms with E-state index in [0.29, 0.717) is 0 Å². The first kappa shape index (κ1) is 8.93. The van der Waals surface area contributed by atoms with Gasteiger partial charge in [0.2, 0.25) is 0 Å². The second-order valence-electron chi connectivity index (χ2n) is 2.67. The largest absolute Gasteiger partial charge is 0.377 e. The van der Waals surface area contributed by atoms with Crippen LogP contribution < -0.4 is 0 Å². The quantitative estimate of drug-likeness (QED) is 0.605. The van der Waals surface area contributed by atoms with E-state index in [-0.39, 0.29) is 12.7 Å². The third kappa shape index (κ3) is 3.67. The van der Waals surface area contributed by atoms with E-state index in [9.17, 15) is 12.3 Å². The molecule has 0 heterocycles. The maximum atomic E-state index is 11.9. The molecule has 0 unspecified atom stereocenters. The van der Waals surface area contributed by atoms with Gasteiger partial charge < -0.3 is 4.74 Å². The molecule has 0 aromatic rings. The molecule has 1 aliphatic carbocycles. The molecule has 0 aromatic carbocycles. The highest BCUT2D eigenvalue weighted by Gasteiger charge is 2.18. The maximum Gasteiger partial charge on any atom is 0.304 e. The van der Waals surface area contributed by atoms with Crippen molar-refractivity contribution in [2.45, 2.75) is 25.4 Å². The normalized spacial score (nSPS) is 19.7. The fourth-order valence-electron chi connectivity index (χ4n) is 0.852. The summed E-state index contributed by atoms with van der Waals surface area (Å²) < 4.78 is 36.8. The van der Waals surface area contributed by atoms with E-state index in [1.165, 1.54) is 0 Å². The van der Waals surface area contributed by atoms with Crippen LogP contribution >= 0.6 is 0 Å². The lowest BCUT2D eigenvalue weighted by Gasteiger charge is -2.24. The summed E-state index contributed by atoms with van der Waals surface area (Å²) in [6.07, 6.45) is 3.27. The molecular formula is C6H11FO3S. The lowest BCUT2D eigenvalue weighted by molar-refractivity contribution is 0.0108. The van der Waals surface area contributed by atoms with Crippen LogP contribution in [0.3, 0.4) is 0 Å². The molecule has 0 aliphatic heterocycles. The van der Waals surface area contributed by atoms with Crippen molar-refractivity contribution in [3.8, 4) is 0 Å². The van der Waals surface area contributed by atoms with E-state index in [1.807, 2.05) is 0 Å². The minimum atomic E-state index is -4.33. The van der Waals surface area contributed by atoms with Gasteiger partial charge in [-0.05, 0) is 19.3 Å². The van der Waals surface area contributed by atoms with Crippen LogP contribution in [-0.2, 0) is 15.0 Å². The van der Waals surface area contributed by atoms with Crippen molar-refractivity contribution in [2.24, 2.45) is 0 Å². The van der Waals surface area contributed by atoms with Crippen LogP contribution in [0.25, 0.3) is 0 Å². The van der Waals surface area contributed by atoms with Crippen molar-refractivity contribution in [3.63, 3.8) is 0 Å². The maximum absolute atomic E-state index is 11.9.